The molecule has 0 unspecified atom stereocenters. The molecule has 4 aromatic rings. The van der Waals surface area contributed by atoms with Gasteiger partial charge < -0.3 is 15.0 Å². The largest absolute Gasteiger partial charge is 0.453 e. The maximum Gasteiger partial charge on any atom is 0.173 e. The van der Waals surface area contributed by atoms with Crippen molar-refractivity contribution in [1.82, 2.24) is 19.7 Å². The second kappa shape index (κ2) is 8.52. The first-order valence-corrected chi connectivity index (χ1v) is 11.4. The highest BCUT2D eigenvalue weighted by Gasteiger charge is 2.28. The van der Waals surface area contributed by atoms with E-state index in [1.165, 1.54) is 0 Å². The molecule has 34 heavy (non-hydrogen) atoms. The lowest BCUT2D eigenvalue weighted by Gasteiger charge is -2.36. The Morgan fingerprint density at radius 2 is 1.82 bits per heavy atom. The van der Waals surface area contributed by atoms with Crippen LogP contribution in [0.25, 0.3) is 11.3 Å². The molecular formula is C26H23N7O. The zero-order chi connectivity index (χ0) is 22.9. The Kier molecular flexibility index (Phi) is 5.07. The third-order valence-electron chi connectivity index (χ3n) is 6.03. The highest BCUT2D eigenvalue weighted by molar-refractivity contribution is 5.67. The van der Waals surface area contributed by atoms with E-state index in [9.17, 15) is 0 Å². The lowest BCUT2D eigenvalue weighted by molar-refractivity contribution is 0.482. The van der Waals surface area contributed by atoms with E-state index in [1.807, 2.05) is 65.5 Å². The average molecular weight is 450 g/mol. The zero-order valence-corrected chi connectivity index (χ0v) is 18.5. The number of pyridine rings is 2. The van der Waals surface area contributed by atoms with Gasteiger partial charge in [-0.3, -0.25) is 4.68 Å². The van der Waals surface area contributed by atoms with Gasteiger partial charge in [0.2, 0.25) is 0 Å². The lowest BCUT2D eigenvalue weighted by Crippen LogP contribution is -2.46. The Hall–Kier alpha value is -4.38. The highest BCUT2D eigenvalue weighted by Crippen LogP contribution is 2.39. The van der Waals surface area contributed by atoms with E-state index >= 15 is 0 Å². The predicted molar refractivity (Wildman–Crippen MR) is 129 cm³/mol. The molecule has 0 bridgehead atoms. The van der Waals surface area contributed by atoms with E-state index in [2.05, 4.69) is 26.3 Å². The Labute approximate surface area is 197 Å². The summed E-state index contributed by atoms with van der Waals surface area (Å²) in [7, 11) is 0. The molecule has 1 saturated carbocycles. The SMILES string of the molecule is N#CC1CN(c2cc(Nc3cc(Oc4cn(C5CC5)nc4-c4ccccc4)ccn3)ccn2)C1. The van der Waals surface area contributed by atoms with Crippen molar-refractivity contribution in [3.05, 3.63) is 73.2 Å². The molecule has 168 valence electrons. The van der Waals surface area contributed by atoms with Crippen molar-refractivity contribution in [2.75, 3.05) is 23.3 Å². The van der Waals surface area contributed by atoms with Crippen LogP contribution in [0.3, 0.4) is 0 Å². The third-order valence-corrected chi connectivity index (χ3v) is 6.03. The van der Waals surface area contributed by atoms with Gasteiger partial charge in [-0.2, -0.15) is 10.4 Å². The van der Waals surface area contributed by atoms with Crippen molar-refractivity contribution in [3.8, 4) is 28.8 Å². The first-order valence-electron chi connectivity index (χ1n) is 11.4. The number of ether oxygens (including phenoxy) is 1. The maximum absolute atomic E-state index is 9.01. The van der Waals surface area contributed by atoms with Crippen LogP contribution in [0.4, 0.5) is 17.3 Å². The van der Waals surface area contributed by atoms with Gasteiger partial charge in [-0.05, 0) is 25.0 Å². The summed E-state index contributed by atoms with van der Waals surface area (Å²) in [6.07, 6.45) is 7.78. The van der Waals surface area contributed by atoms with Crippen LogP contribution in [-0.2, 0) is 0 Å². The number of nitriles is 1. The van der Waals surface area contributed by atoms with Crippen LogP contribution >= 0.6 is 0 Å². The Balaban J connectivity index is 1.21. The standard InChI is InChI=1S/C26H23N7O/c27-14-18-15-32(16-18)25-12-20(8-10-29-25)30-24-13-22(9-11-28-24)34-23-17-33(21-6-7-21)31-26(23)19-4-2-1-3-5-19/h1-5,8-13,17-18,21H,6-7,15-16H2,(H,28,29,30). The quantitative estimate of drug-likeness (QED) is 0.416. The number of aromatic nitrogens is 4. The molecule has 8 heteroatoms. The van der Waals surface area contributed by atoms with E-state index in [1.54, 1.807) is 12.4 Å². The fourth-order valence-electron chi connectivity index (χ4n) is 4.01. The average Bonchev–Trinajstić information content (AvgIpc) is 3.60. The molecule has 2 aliphatic rings. The number of anilines is 3. The molecule has 0 spiro atoms. The molecule has 2 fully saturated rings. The summed E-state index contributed by atoms with van der Waals surface area (Å²) in [5, 5.41) is 17.2. The summed E-state index contributed by atoms with van der Waals surface area (Å²) >= 11 is 0. The summed E-state index contributed by atoms with van der Waals surface area (Å²) in [5.41, 5.74) is 2.74. The molecule has 8 nitrogen and oxygen atoms in total. The summed E-state index contributed by atoms with van der Waals surface area (Å²) in [6.45, 7) is 1.43. The van der Waals surface area contributed by atoms with Gasteiger partial charge in [0.1, 0.15) is 23.1 Å². The molecular weight excluding hydrogens is 426 g/mol. The number of nitrogens with one attached hydrogen (secondary N) is 1. The summed E-state index contributed by atoms with van der Waals surface area (Å²) in [5.74, 6) is 3.01. The van der Waals surface area contributed by atoms with Gasteiger partial charge in [0, 0.05) is 48.9 Å². The summed E-state index contributed by atoms with van der Waals surface area (Å²) in [6, 6.07) is 20.4. The molecule has 1 aliphatic heterocycles. The van der Waals surface area contributed by atoms with Crippen LogP contribution in [0, 0.1) is 17.2 Å². The van der Waals surface area contributed by atoms with E-state index < -0.39 is 0 Å². The van der Waals surface area contributed by atoms with Crippen molar-refractivity contribution < 1.29 is 4.74 Å². The second-order valence-electron chi connectivity index (χ2n) is 8.66. The first kappa shape index (κ1) is 20.2. The monoisotopic (exact) mass is 449 g/mol. The van der Waals surface area contributed by atoms with E-state index in [0.717, 1.165) is 41.4 Å². The number of benzene rings is 1. The van der Waals surface area contributed by atoms with E-state index in [0.29, 0.717) is 30.7 Å². The van der Waals surface area contributed by atoms with Gasteiger partial charge in [0.25, 0.3) is 0 Å². The second-order valence-corrected chi connectivity index (χ2v) is 8.66. The van der Waals surface area contributed by atoms with E-state index in [-0.39, 0.29) is 5.92 Å². The minimum atomic E-state index is 0.0824. The predicted octanol–water partition coefficient (Wildman–Crippen LogP) is 5.17. The third kappa shape index (κ3) is 4.16. The Morgan fingerprint density at radius 1 is 1.00 bits per heavy atom. The topological polar surface area (TPSA) is 91.9 Å². The molecule has 1 aliphatic carbocycles. The fraction of sp³-hybridized carbons (Fsp3) is 0.231. The van der Waals surface area contributed by atoms with Gasteiger partial charge in [-0.15, -0.1) is 0 Å². The molecule has 0 amide bonds. The van der Waals surface area contributed by atoms with Crippen LogP contribution in [0.15, 0.2) is 73.2 Å². The number of nitrogens with zero attached hydrogens (tertiary/aromatic N) is 6. The Bertz CT molecular complexity index is 1350. The van der Waals surface area contributed by atoms with Gasteiger partial charge in [-0.1, -0.05) is 30.3 Å². The smallest absolute Gasteiger partial charge is 0.173 e. The molecule has 6 rings (SSSR count). The maximum atomic E-state index is 9.01. The van der Waals surface area contributed by atoms with Gasteiger partial charge in [0.15, 0.2) is 5.75 Å². The van der Waals surface area contributed by atoms with Gasteiger partial charge >= 0.3 is 0 Å². The summed E-state index contributed by atoms with van der Waals surface area (Å²) in [4.78, 5) is 11.0. The molecule has 1 aromatic carbocycles. The zero-order valence-electron chi connectivity index (χ0n) is 18.5. The van der Waals surface area contributed by atoms with Crippen LogP contribution in [0.1, 0.15) is 18.9 Å². The molecule has 4 heterocycles. The van der Waals surface area contributed by atoms with Crippen molar-refractivity contribution >= 4 is 17.3 Å². The van der Waals surface area contributed by atoms with Gasteiger partial charge in [0.05, 0.1) is 24.2 Å². The molecule has 1 saturated heterocycles. The van der Waals surface area contributed by atoms with Crippen molar-refractivity contribution in [3.63, 3.8) is 0 Å². The molecule has 0 atom stereocenters. The first-order chi connectivity index (χ1) is 16.7. The van der Waals surface area contributed by atoms with Crippen LogP contribution in [0.5, 0.6) is 11.5 Å². The lowest BCUT2D eigenvalue weighted by atomic mass is 10.0. The van der Waals surface area contributed by atoms with Gasteiger partial charge in [-0.25, -0.2) is 9.97 Å². The van der Waals surface area contributed by atoms with Crippen LogP contribution in [0.2, 0.25) is 0 Å². The molecule has 0 radical (unpaired) electrons. The van der Waals surface area contributed by atoms with Crippen LogP contribution < -0.4 is 15.0 Å². The summed E-state index contributed by atoms with van der Waals surface area (Å²) < 4.78 is 8.32. The number of rotatable bonds is 7. The van der Waals surface area contributed by atoms with Crippen molar-refractivity contribution in [1.29, 1.82) is 5.26 Å². The Morgan fingerprint density at radius 3 is 2.62 bits per heavy atom. The van der Waals surface area contributed by atoms with Crippen LogP contribution in [-0.4, -0.2) is 32.8 Å². The highest BCUT2D eigenvalue weighted by atomic mass is 16.5. The van der Waals surface area contributed by atoms with Crippen molar-refractivity contribution in [2.45, 2.75) is 18.9 Å². The van der Waals surface area contributed by atoms with Crippen molar-refractivity contribution in [2.24, 2.45) is 5.92 Å². The fourth-order valence-corrected chi connectivity index (χ4v) is 4.01. The normalized spacial score (nSPS) is 15.4. The minimum absolute atomic E-state index is 0.0824. The minimum Gasteiger partial charge on any atom is -0.453 e. The number of hydrogen-bond donors (Lipinski definition) is 1. The van der Waals surface area contributed by atoms with E-state index in [4.69, 9.17) is 15.1 Å². The molecule has 1 N–H and O–H groups in total. The molecule has 3 aromatic heterocycles. The number of hydrogen-bond acceptors (Lipinski definition) is 7.